The van der Waals surface area contributed by atoms with Gasteiger partial charge in [0.1, 0.15) is 35.8 Å². The van der Waals surface area contributed by atoms with Gasteiger partial charge in [-0.05, 0) is 38.1 Å². The number of nitrogens with one attached hydrogen (secondary N) is 1. The van der Waals surface area contributed by atoms with E-state index < -0.39 is 38.1 Å². The molecule has 0 saturated carbocycles. The van der Waals surface area contributed by atoms with Gasteiger partial charge in [-0.3, -0.25) is 9.32 Å². The van der Waals surface area contributed by atoms with Crippen molar-refractivity contribution >= 4 is 25.1 Å². The number of ether oxygens (including phenoxy) is 2. The summed E-state index contributed by atoms with van der Waals surface area (Å²) in [6.07, 6.45) is -0.472. The fourth-order valence-electron chi connectivity index (χ4n) is 4.16. The lowest BCUT2D eigenvalue weighted by Crippen LogP contribution is -2.32. The Hall–Kier alpha value is -3.02. The van der Waals surface area contributed by atoms with Gasteiger partial charge in [0, 0.05) is 5.92 Å². The monoisotopic (exact) mass is 519 g/mol. The van der Waals surface area contributed by atoms with E-state index in [0.29, 0.717) is 17.0 Å². The van der Waals surface area contributed by atoms with Crippen molar-refractivity contribution in [2.75, 3.05) is 25.5 Å². The van der Waals surface area contributed by atoms with Gasteiger partial charge in [0.15, 0.2) is 5.82 Å². The van der Waals surface area contributed by atoms with Crippen LogP contribution < -0.4 is 15.3 Å². The minimum Gasteiger partial charge on any atom is -0.465 e. The number of nitrogen functional groups attached to an aromatic ring is 1. The van der Waals surface area contributed by atoms with Crippen LogP contribution in [0.1, 0.15) is 26.5 Å². The van der Waals surface area contributed by atoms with E-state index in [1.54, 1.807) is 47.8 Å². The third kappa shape index (κ3) is 5.23. The second-order valence-electron chi connectivity index (χ2n) is 8.54. The molecule has 5 atom stereocenters. The van der Waals surface area contributed by atoms with E-state index in [1.807, 2.05) is 19.9 Å². The van der Waals surface area contributed by atoms with Gasteiger partial charge in [-0.15, -0.1) is 0 Å². The third-order valence-electron chi connectivity index (χ3n) is 6.25. The highest BCUT2D eigenvalue weighted by Gasteiger charge is 2.52. The number of aromatic nitrogens is 3. The lowest BCUT2D eigenvalue weighted by molar-refractivity contribution is -0.141. The van der Waals surface area contributed by atoms with Crippen molar-refractivity contribution in [2.45, 2.75) is 38.6 Å². The summed E-state index contributed by atoms with van der Waals surface area (Å²) in [5.74, 6) is -0.405. The van der Waals surface area contributed by atoms with Crippen molar-refractivity contribution in [1.29, 1.82) is 0 Å². The Morgan fingerprint density at radius 1 is 1.31 bits per heavy atom. The number of esters is 1. The van der Waals surface area contributed by atoms with Crippen molar-refractivity contribution in [2.24, 2.45) is 5.92 Å². The average molecular weight is 519 g/mol. The van der Waals surface area contributed by atoms with Gasteiger partial charge in [0.05, 0.1) is 25.0 Å². The number of hydrogen-bond acceptors (Lipinski definition) is 10. The molecule has 1 aromatic carbocycles. The first kappa shape index (κ1) is 26.1. The van der Waals surface area contributed by atoms with Crippen LogP contribution in [-0.2, 0) is 29.0 Å². The zero-order chi connectivity index (χ0) is 25.9. The summed E-state index contributed by atoms with van der Waals surface area (Å²) in [4.78, 5) is 15.8. The Balaban J connectivity index is 1.52. The Morgan fingerprint density at radius 3 is 2.78 bits per heavy atom. The van der Waals surface area contributed by atoms with Crippen LogP contribution >= 0.6 is 7.75 Å². The van der Waals surface area contributed by atoms with E-state index in [0.717, 1.165) is 0 Å². The molecule has 1 aliphatic rings. The molecule has 194 valence electrons. The molecule has 1 aliphatic heterocycles. The third-order valence-corrected chi connectivity index (χ3v) is 7.73. The van der Waals surface area contributed by atoms with E-state index in [9.17, 15) is 14.5 Å². The van der Waals surface area contributed by atoms with Gasteiger partial charge >= 0.3 is 13.7 Å². The van der Waals surface area contributed by atoms with Crippen molar-refractivity contribution in [3.8, 4) is 5.75 Å². The molecule has 1 saturated heterocycles. The van der Waals surface area contributed by atoms with Gasteiger partial charge in [-0.25, -0.2) is 19.2 Å². The second kappa shape index (κ2) is 10.5. The first-order valence-corrected chi connectivity index (χ1v) is 13.1. The number of aliphatic hydroxyl groups is 1. The molecule has 13 heteroatoms. The van der Waals surface area contributed by atoms with Gasteiger partial charge in [0.25, 0.3) is 0 Å². The fraction of sp³-hybridized carbons (Fsp3) is 0.435. The van der Waals surface area contributed by atoms with Crippen LogP contribution in [0.4, 0.5) is 5.82 Å². The quantitative estimate of drug-likeness (QED) is 0.266. The van der Waals surface area contributed by atoms with Crippen LogP contribution in [0.15, 0.2) is 48.8 Å². The molecule has 4 rings (SSSR count). The predicted molar refractivity (Wildman–Crippen MR) is 130 cm³/mol. The van der Waals surface area contributed by atoms with Crippen LogP contribution in [0, 0.1) is 5.92 Å². The number of hydrogen-bond donors (Lipinski definition) is 3. The standard InChI is InChI=1S/C23H30N5O7P/c1-4-32-20(29)12-27-36(31,35-16-8-6-5-7-9-16)33-13-18-21(30)15(2)23(3,34-18)19-11-10-17-22(24)25-14-26-28(17)19/h5-11,14-15,18,21,30H,4,12-13H2,1-3H3,(H,27,31)(H2,24,25,26). The highest BCUT2D eigenvalue weighted by molar-refractivity contribution is 7.52. The number of benzene rings is 1. The summed E-state index contributed by atoms with van der Waals surface area (Å²) in [5, 5.41) is 17.8. The zero-order valence-corrected chi connectivity index (χ0v) is 21.1. The van der Waals surface area contributed by atoms with E-state index >= 15 is 0 Å². The number of rotatable bonds is 10. The topological polar surface area (TPSA) is 160 Å². The first-order valence-electron chi connectivity index (χ1n) is 11.5. The normalized spacial score (nSPS) is 25.5. The van der Waals surface area contributed by atoms with Crippen LogP contribution in [0.5, 0.6) is 5.75 Å². The number of carbonyl (C=O) groups excluding carboxylic acids is 1. The van der Waals surface area contributed by atoms with Crippen molar-refractivity contribution in [1.82, 2.24) is 19.7 Å². The number of fused-ring (bicyclic) bond motifs is 1. The summed E-state index contributed by atoms with van der Waals surface area (Å²) in [5.41, 5.74) is 6.28. The summed E-state index contributed by atoms with van der Waals surface area (Å²) >= 11 is 0. The summed E-state index contributed by atoms with van der Waals surface area (Å²) in [7, 11) is -4.05. The number of anilines is 1. The maximum atomic E-state index is 13.5. The van der Waals surface area contributed by atoms with Crippen molar-refractivity contribution in [3.05, 3.63) is 54.5 Å². The number of aliphatic hydroxyl groups excluding tert-OH is 1. The van der Waals surface area contributed by atoms with E-state index in [2.05, 4.69) is 15.2 Å². The van der Waals surface area contributed by atoms with E-state index in [4.69, 9.17) is 24.3 Å². The minimum absolute atomic E-state index is 0.175. The maximum absolute atomic E-state index is 13.5. The zero-order valence-electron chi connectivity index (χ0n) is 20.2. The number of para-hydroxylation sites is 1. The number of carbonyl (C=O) groups is 1. The highest BCUT2D eigenvalue weighted by atomic mass is 31.2. The first-order chi connectivity index (χ1) is 17.2. The maximum Gasteiger partial charge on any atom is 0.459 e. The van der Waals surface area contributed by atoms with E-state index in [1.165, 1.54) is 6.33 Å². The molecule has 0 bridgehead atoms. The van der Waals surface area contributed by atoms with Crippen molar-refractivity contribution in [3.63, 3.8) is 0 Å². The molecule has 1 fully saturated rings. The molecule has 3 heterocycles. The molecule has 0 amide bonds. The van der Waals surface area contributed by atoms with Crippen molar-refractivity contribution < 1.29 is 33.0 Å². The Bertz CT molecular complexity index is 1260. The predicted octanol–water partition coefficient (Wildman–Crippen LogP) is 2.28. The van der Waals surface area contributed by atoms with Gasteiger partial charge < -0.3 is 24.8 Å². The molecular formula is C23H30N5O7P. The lowest BCUT2D eigenvalue weighted by Gasteiger charge is -2.28. The molecule has 0 radical (unpaired) electrons. The lowest BCUT2D eigenvalue weighted by atomic mass is 9.85. The number of nitrogens with two attached hydrogens (primary N) is 1. The molecule has 3 aromatic rings. The highest BCUT2D eigenvalue weighted by Crippen LogP contribution is 2.48. The van der Waals surface area contributed by atoms with Crippen LogP contribution in [-0.4, -0.2) is 57.6 Å². The summed E-state index contributed by atoms with van der Waals surface area (Å²) in [6.45, 7) is 4.85. The molecule has 0 aliphatic carbocycles. The number of nitrogens with zero attached hydrogens (tertiary/aromatic N) is 3. The molecule has 4 N–H and O–H groups in total. The molecule has 2 aromatic heterocycles. The SMILES string of the molecule is CCOC(=O)CNP(=O)(OCC1OC(C)(c2ccc3c(N)ncnn23)C(C)C1O)Oc1ccccc1. The molecular weight excluding hydrogens is 489 g/mol. The Morgan fingerprint density at radius 2 is 2.06 bits per heavy atom. The Kier molecular flexibility index (Phi) is 7.62. The molecule has 5 unspecified atom stereocenters. The second-order valence-corrected chi connectivity index (χ2v) is 10.3. The molecule has 12 nitrogen and oxygen atoms in total. The van der Waals surface area contributed by atoms with Gasteiger partial charge in [0.2, 0.25) is 0 Å². The summed E-state index contributed by atoms with van der Waals surface area (Å²) in [6, 6.07) is 12.0. The minimum atomic E-state index is -4.05. The largest absolute Gasteiger partial charge is 0.465 e. The van der Waals surface area contributed by atoms with Crippen LogP contribution in [0.25, 0.3) is 5.52 Å². The fourth-order valence-corrected chi connectivity index (χ4v) is 5.44. The average Bonchev–Trinajstić information content (AvgIpc) is 3.40. The van der Waals surface area contributed by atoms with Gasteiger partial charge in [-0.2, -0.15) is 5.10 Å². The van der Waals surface area contributed by atoms with Gasteiger partial charge in [-0.1, -0.05) is 25.1 Å². The smallest absolute Gasteiger partial charge is 0.459 e. The summed E-state index contributed by atoms with van der Waals surface area (Å²) < 4.78 is 37.5. The van der Waals surface area contributed by atoms with Crippen LogP contribution in [0.3, 0.4) is 0 Å². The van der Waals surface area contributed by atoms with E-state index in [-0.39, 0.29) is 24.9 Å². The molecule has 36 heavy (non-hydrogen) atoms. The Labute approximate surface area is 208 Å². The van der Waals surface area contributed by atoms with Crippen LogP contribution in [0.2, 0.25) is 0 Å². The molecule has 0 spiro atoms.